The highest BCUT2D eigenvalue weighted by molar-refractivity contribution is 5.96. The van der Waals surface area contributed by atoms with Gasteiger partial charge >= 0.3 is 0 Å². The first-order valence-electron chi connectivity index (χ1n) is 11.8. The van der Waals surface area contributed by atoms with Crippen LogP contribution in [0.15, 0.2) is 42.7 Å². The number of aromatic nitrogens is 4. The number of halogens is 2. The van der Waals surface area contributed by atoms with Crippen molar-refractivity contribution in [1.82, 2.24) is 19.7 Å². The van der Waals surface area contributed by atoms with Crippen molar-refractivity contribution < 1.29 is 13.5 Å². The highest BCUT2D eigenvalue weighted by Gasteiger charge is 2.31. The van der Waals surface area contributed by atoms with Gasteiger partial charge in [0, 0.05) is 41.3 Å². The molecule has 1 aliphatic heterocycles. The zero-order valence-corrected chi connectivity index (χ0v) is 19.2. The van der Waals surface area contributed by atoms with Gasteiger partial charge in [0.2, 0.25) is 0 Å². The fraction of sp³-hybridized carbons (Fsp3) is 0.333. The summed E-state index contributed by atoms with van der Waals surface area (Å²) < 4.78 is 36.6. The van der Waals surface area contributed by atoms with Crippen LogP contribution in [0.3, 0.4) is 0 Å². The quantitative estimate of drug-likeness (QED) is 0.369. The van der Waals surface area contributed by atoms with E-state index in [-0.39, 0.29) is 17.6 Å². The summed E-state index contributed by atoms with van der Waals surface area (Å²) in [6, 6.07) is 9.80. The molecule has 6 nitrogen and oxygen atoms in total. The molecule has 8 heteroatoms. The standard InChI is InChI=1S/C27H23F2N5O/c1-15-2-6-21-25(20-7-3-18(28)11-23(20)29)32-27(33-26(21)22(15)12-30)16-8-9-35-24(10-16)17-13-31-34(14-17)19-4-5-19/h2-3,6-7,11,13-14,16,19,24H,4-5,8-10H2,1H3/t16-,24-/m1/s1. The van der Waals surface area contributed by atoms with Crippen LogP contribution in [0.1, 0.15) is 66.3 Å². The van der Waals surface area contributed by atoms with Crippen LogP contribution >= 0.6 is 0 Å². The molecule has 0 unspecified atom stereocenters. The first-order chi connectivity index (χ1) is 17.0. The van der Waals surface area contributed by atoms with Gasteiger partial charge in [-0.2, -0.15) is 10.4 Å². The van der Waals surface area contributed by atoms with Crippen LogP contribution in [0.5, 0.6) is 0 Å². The first-order valence-corrected chi connectivity index (χ1v) is 11.8. The van der Waals surface area contributed by atoms with Crippen molar-refractivity contribution in [2.45, 2.75) is 50.7 Å². The van der Waals surface area contributed by atoms with Crippen LogP contribution in [0.2, 0.25) is 0 Å². The fourth-order valence-electron chi connectivity index (χ4n) is 4.85. The van der Waals surface area contributed by atoms with E-state index in [9.17, 15) is 14.0 Å². The van der Waals surface area contributed by atoms with Crippen molar-refractivity contribution in [1.29, 1.82) is 5.26 Å². The van der Waals surface area contributed by atoms with E-state index in [0.29, 0.717) is 53.5 Å². The Hall–Kier alpha value is -3.70. The molecule has 35 heavy (non-hydrogen) atoms. The molecular formula is C27H23F2N5O. The first kappa shape index (κ1) is 21.8. The topological polar surface area (TPSA) is 76.6 Å². The SMILES string of the molecule is Cc1ccc2c(-c3ccc(F)cc3F)nc([C@@H]3CCO[C@@H](c4cnn(C5CC5)c4)C3)nc2c1C#N. The smallest absolute Gasteiger partial charge is 0.135 e. The lowest BCUT2D eigenvalue weighted by atomic mass is 9.91. The van der Waals surface area contributed by atoms with Gasteiger partial charge in [-0.1, -0.05) is 12.1 Å². The Balaban J connectivity index is 1.45. The molecule has 6 rings (SSSR count). The molecule has 0 N–H and O–H groups in total. The lowest BCUT2D eigenvalue weighted by Crippen LogP contribution is -2.20. The number of rotatable bonds is 4. The largest absolute Gasteiger partial charge is 0.373 e. The highest BCUT2D eigenvalue weighted by atomic mass is 19.1. The molecule has 4 aromatic rings. The Morgan fingerprint density at radius 2 is 1.97 bits per heavy atom. The number of hydrogen-bond donors (Lipinski definition) is 0. The zero-order valence-electron chi connectivity index (χ0n) is 19.2. The molecular weight excluding hydrogens is 448 g/mol. The van der Waals surface area contributed by atoms with Crippen molar-refractivity contribution in [2.24, 2.45) is 0 Å². The van der Waals surface area contributed by atoms with E-state index in [1.165, 1.54) is 12.1 Å². The molecule has 1 saturated heterocycles. The molecule has 1 saturated carbocycles. The van der Waals surface area contributed by atoms with Crippen molar-refractivity contribution >= 4 is 10.9 Å². The van der Waals surface area contributed by atoms with Crippen molar-refractivity contribution in [2.75, 3.05) is 6.61 Å². The molecule has 2 atom stereocenters. The van der Waals surface area contributed by atoms with E-state index in [4.69, 9.17) is 14.7 Å². The number of nitrogens with zero attached hydrogens (tertiary/aromatic N) is 5. The molecule has 2 aliphatic rings. The summed E-state index contributed by atoms with van der Waals surface area (Å²) in [5.41, 5.74) is 3.28. The molecule has 2 aromatic carbocycles. The molecule has 1 aliphatic carbocycles. The van der Waals surface area contributed by atoms with Gasteiger partial charge in [0.05, 0.1) is 35.1 Å². The van der Waals surface area contributed by atoms with Gasteiger partial charge < -0.3 is 4.74 Å². The molecule has 3 heterocycles. The number of benzene rings is 2. The summed E-state index contributed by atoms with van der Waals surface area (Å²) in [6.45, 7) is 2.38. The third-order valence-electron chi connectivity index (χ3n) is 6.96. The van der Waals surface area contributed by atoms with E-state index in [1.807, 2.05) is 17.8 Å². The average Bonchev–Trinajstić information content (AvgIpc) is 3.59. The molecule has 0 amide bonds. The number of hydrogen-bond acceptors (Lipinski definition) is 5. The summed E-state index contributed by atoms with van der Waals surface area (Å²) in [5.74, 6) is -0.859. The molecule has 0 radical (unpaired) electrons. The maximum absolute atomic E-state index is 14.9. The van der Waals surface area contributed by atoms with Crippen molar-refractivity contribution in [3.05, 3.63) is 76.9 Å². The van der Waals surface area contributed by atoms with Crippen LogP contribution in [0, 0.1) is 29.9 Å². The lowest BCUT2D eigenvalue weighted by Gasteiger charge is -2.28. The number of fused-ring (bicyclic) bond motifs is 1. The van der Waals surface area contributed by atoms with Gasteiger partial charge in [0.15, 0.2) is 0 Å². The van der Waals surface area contributed by atoms with E-state index in [2.05, 4.69) is 17.4 Å². The Morgan fingerprint density at radius 1 is 1.11 bits per heavy atom. The maximum Gasteiger partial charge on any atom is 0.135 e. The minimum atomic E-state index is -0.702. The summed E-state index contributed by atoms with van der Waals surface area (Å²) in [7, 11) is 0. The Labute approximate surface area is 201 Å². The van der Waals surface area contributed by atoms with Crippen LogP contribution < -0.4 is 0 Å². The highest BCUT2D eigenvalue weighted by Crippen LogP contribution is 2.40. The fourth-order valence-corrected chi connectivity index (χ4v) is 4.85. The minimum Gasteiger partial charge on any atom is -0.373 e. The van der Waals surface area contributed by atoms with Crippen LogP contribution in [-0.4, -0.2) is 26.4 Å². The second kappa shape index (κ2) is 8.51. The molecule has 2 aromatic heterocycles. The second-order valence-corrected chi connectivity index (χ2v) is 9.39. The van der Waals surface area contributed by atoms with Crippen LogP contribution in [0.25, 0.3) is 22.2 Å². The third kappa shape index (κ3) is 3.96. The predicted molar refractivity (Wildman–Crippen MR) is 126 cm³/mol. The molecule has 2 fully saturated rings. The van der Waals surface area contributed by atoms with Crippen molar-refractivity contribution in [3.63, 3.8) is 0 Å². The number of aryl methyl sites for hydroxylation is 1. The van der Waals surface area contributed by atoms with Gasteiger partial charge in [-0.15, -0.1) is 0 Å². The van der Waals surface area contributed by atoms with Gasteiger partial charge in [0.1, 0.15) is 23.5 Å². The Morgan fingerprint density at radius 3 is 2.74 bits per heavy atom. The number of nitriles is 1. The van der Waals surface area contributed by atoms with E-state index < -0.39 is 11.6 Å². The minimum absolute atomic E-state index is 0.0447. The monoisotopic (exact) mass is 471 g/mol. The summed E-state index contributed by atoms with van der Waals surface area (Å²) in [5, 5.41) is 14.9. The average molecular weight is 472 g/mol. The Bertz CT molecular complexity index is 1490. The second-order valence-electron chi connectivity index (χ2n) is 9.39. The van der Waals surface area contributed by atoms with Crippen LogP contribution in [0.4, 0.5) is 8.78 Å². The number of ether oxygens (including phenoxy) is 1. The van der Waals surface area contributed by atoms with Crippen LogP contribution in [-0.2, 0) is 4.74 Å². The normalized spacial score (nSPS) is 20.2. The van der Waals surface area contributed by atoms with Gasteiger partial charge in [0.25, 0.3) is 0 Å². The zero-order chi connectivity index (χ0) is 24.1. The van der Waals surface area contributed by atoms with Gasteiger partial charge in [-0.05, 0) is 50.3 Å². The summed E-state index contributed by atoms with van der Waals surface area (Å²) in [4.78, 5) is 9.63. The molecule has 0 bridgehead atoms. The molecule has 0 spiro atoms. The Kier molecular flexibility index (Phi) is 5.30. The summed E-state index contributed by atoms with van der Waals surface area (Å²) in [6.07, 6.45) is 7.46. The van der Waals surface area contributed by atoms with Gasteiger partial charge in [-0.3, -0.25) is 4.68 Å². The predicted octanol–water partition coefficient (Wildman–Crippen LogP) is 5.92. The van der Waals surface area contributed by atoms with E-state index >= 15 is 0 Å². The maximum atomic E-state index is 14.9. The lowest BCUT2D eigenvalue weighted by molar-refractivity contribution is 0.00397. The summed E-state index contributed by atoms with van der Waals surface area (Å²) >= 11 is 0. The van der Waals surface area contributed by atoms with Gasteiger partial charge in [-0.25, -0.2) is 18.7 Å². The third-order valence-corrected chi connectivity index (χ3v) is 6.96. The van der Waals surface area contributed by atoms with E-state index in [0.717, 1.165) is 30.0 Å². The van der Waals surface area contributed by atoms with Crippen molar-refractivity contribution in [3.8, 4) is 17.3 Å². The molecule has 176 valence electrons. The van der Waals surface area contributed by atoms with E-state index in [1.54, 1.807) is 12.1 Å².